The zero-order valence-electron chi connectivity index (χ0n) is 15.6. The molecule has 3 aromatic rings. The molecule has 30 heavy (non-hydrogen) atoms. The minimum absolute atomic E-state index is 0.0786. The Hall–Kier alpha value is -3.27. The van der Waals surface area contributed by atoms with Crippen molar-refractivity contribution >= 4 is 5.97 Å². The molecule has 10 heteroatoms. The number of carboxylic acid groups (broad SMARTS) is 1. The highest BCUT2D eigenvalue weighted by atomic mass is 19.4. The molecule has 2 heterocycles. The van der Waals surface area contributed by atoms with Gasteiger partial charge in [-0.05, 0) is 30.5 Å². The average Bonchev–Trinajstić information content (AvgIpc) is 3.16. The number of alkyl halides is 3. The van der Waals surface area contributed by atoms with E-state index in [1.807, 2.05) is 24.3 Å². The highest BCUT2D eigenvalue weighted by Crippen LogP contribution is 2.30. The number of pyridine rings is 1. The van der Waals surface area contributed by atoms with Crippen molar-refractivity contribution in [1.29, 1.82) is 0 Å². The van der Waals surface area contributed by atoms with Gasteiger partial charge in [-0.2, -0.15) is 18.2 Å². The van der Waals surface area contributed by atoms with Crippen LogP contribution in [0.25, 0.3) is 22.8 Å². The Labute approximate surface area is 169 Å². The smallest absolute Gasteiger partial charge is 0.433 e. The van der Waals surface area contributed by atoms with E-state index >= 15 is 0 Å². The summed E-state index contributed by atoms with van der Waals surface area (Å²) in [6, 6.07) is 9.73. The lowest BCUT2D eigenvalue weighted by Gasteiger charge is -2.33. The van der Waals surface area contributed by atoms with Crippen LogP contribution in [0.5, 0.6) is 0 Å². The number of hydrogen-bond acceptors (Lipinski definition) is 6. The van der Waals surface area contributed by atoms with Crippen molar-refractivity contribution in [1.82, 2.24) is 20.4 Å². The van der Waals surface area contributed by atoms with Crippen molar-refractivity contribution in [3.8, 4) is 22.8 Å². The summed E-state index contributed by atoms with van der Waals surface area (Å²) in [5, 5.41) is 16.1. The molecule has 0 spiro atoms. The SMILES string of the molecule is O=C(O)C1CC(NCc2ccc(-c3noc(-c4ccc(C(F)(F)F)nc4)n3)cc2)C1. The second-order valence-electron chi connectivity index (χ2n) is 7.13. The van der Waals surface area contributed by atoms with Crippen molar-refractivity contribution in [2.45, 2.75) is 31.6 Å². The predicted octanol–water partition coefficient (Wildman–Crippen LogP) is 3.77. The van der Waals surface area contributed by atoms with Crippen LogP contribution in [-0.4, -0.2) is 32.2 Å². The molecular formula is C20H17F3N4O3. The van der Waals surface area contributed by atoms with Gasteiger partial charge in [0.25, 0.3) is 5.89 Å². The molecule has 156 valence electrons. The van der Waals surface area contributed by atoms with E-state index in [2.05, 4.69) is 20.4 Å². The number of halogens is 3. The van der Waals surface area contributed by atoms with Gasteiger partial charge < -0.3 is 14.9 Å². The fourth-order valence-electron chi connectivity index (χ4n) is 3.17. The molecule has 0 saturated heterocycles. The number of benzene rings is 1. The molecule has 0 amide bonds. The molecular weight excluding hydrogens is 401 g/mol. The summed E-state index contributed by atoms with van der Waals surface area (Å²) < 4.78 is 43.0. The van der Waals surface area contributed by atoms with Gasteiger partial charge >= 0.3 is 12.1 Å². The first kappa shape index (κ1) is 20.0. The average molecular weight is 418 g/mol. The topological polar surface area (TPSA) is 101 Å². The van der Waals surface area contributed by atoms with Crippen LogP contribution in [-0.2, 0) is 17.5 Å². The van der Waals surface area contributed by atoms with Crippen molar-refractivity contribution < 1.29 is 27.6 Å². The maximum absolute atomic E-state index is 12.6. The first-order chi connectivity index (χ1) is 14.3. The molecule has 2 aromatic heterocycles. The summed E-state index contributed by atoms with van der Waals surface area (Å²) in [7, 11) is 0. The van der Waals surface area contributed by atoms with Gasteiger partial charge in [0.1, 0.15) is 5.69 Å². The van der Waals surface area contributed by atoms with Crippen LogP contribution in [0.3, 0.4) is 0 Å². The Morgan fingerprint density at radius 3 is 2.43 bits per heavy atom. The molecule has 1 fully saturated rings. The molecule has 0 atom stereocenters. The van der Waals surface area contributed by atoms with E-state index in [0.29, 0.717) is 36.3 Å². The highest BCUT2D eigenvalue weighted by Gasteiger charge is 2.34. The van der Waals surface area contributed by atoms with Crippen molar-refractivity contribution in [2.24, 2.45) is 5.92 Å². The van der Waals surface area contributed by atoms with Gasteiger partial charge in [0, 0.05) is 24.3 Å². The predicted molar refractivity (Wildman–Crippen MR) is 99.0 cm³/mol. The molecule has 2 N–H and O–H groups in total. The molecule has 0 bridgehead atoms. The number of carboxylic acids is 1. The number of rotatable bonds is 6. The van der Waals surface area contributed by atoms with E-state index in [0.717, 1.165) is 17.8 Å². The summed E-state index contributed by atoms with van der Waals surface area (Å²) in [5.74, 6) is -0.608. The fraction of sp³-hybridized carbons (Fsp3) is 0.300. The normalized spacial score (nSPS) is 18.8. The quantitative estimate of drug-likeness (QED) is 0.628. The Kier molecular flexibility index (Phi) is 5.25. The first-order valence-electron chi connectivity index (χ1n) is 9.22. The fourth-order valence-corrected chi connectivity index (χ4v) is 3.17. The number of carbonyl (C=O) groups is 1. The zero-order valence-corrected chi connectivity index (χ0v) is 15.6. The third-order valence-corrected chi connectivity index (χ3v) is 5.02. The van der Waals surface area contributed by atoms with Crippen LogP contribution in [0, 0.1) is 5.92 Å². The summed E-state index contributed by atoms with van der Waals surface area (Å²) in [6.07, 6.45) is -2.19. The minimum Gasteiger partial charge on any atom is -0.481 e. The van der Waals surface area contributed by atoms with Crippen LogP contribution < -0.4 is 5.32 Å². The Morgan fingerprint density at radius 1 is 1.13 bits per heavy atom. The van der Waals surface area contributed by atoms with Crippen LogP contribution in [0.4, 0.5) is 13.2 Å². The molecule has 1 saturated carbocycles. The summed E-state index contributed by atoms with van der Waals surface area (Å²) in [6.45, 7) is 0.617. The van der Waals surface area contributed by atoms with Crippen LogP contribution in [0.1, 0.15) is 24.1 Å². The molecule has 4 rings (SSSR count). The number of aromatic nitrogens is 3. The Balaban J connectivity index is 1.37. The van der Waals surface area contributed by atoms with Gasteiger partial charge in [0.05, 0.1) is 11.5 Å². The summed E-state index contributed by atoms with van der Waals surface area (Å²) >= 11 is 0. The minimum atomic E-state index is -4.51. The van der Waals surface area contributed by atoms with Crippen LogP contribution in [0.15, 0.2) is 47.1 Å². The monoisotopic (exact) mass is 418 g/mol. The Morgan fingerprint density at radius 2 is 1.83 bits per heavy atom. The maximum atomic E-state index is 12.6. The van der Waals surface area contributed by atoms with E-state index in [1.165, 1.54) is 6.07 Å². The van der Waals surface area contributed by atoms with E-state index < -0.39 is 17.8 Å². The lowest BCUT2D eigenvalue weighted by molar-refractivity contribution is -0.145. The lowest BCUT2D eigenvalue weighted by atomic mass is 9.80. The van der Waals surface area contributed by atoms with Crippen LogP contribution >= 0.6 is 0 Å². The zero-order chi connectivity index (χ0) is 21.3. The number of nitrogens with one attached hydrogen (secondary N) is 1. The van der Waals surface area contributed by atoms with Gasteiger partial charge in [-0.1, -0.05) is 29.4 Å². The van der Waals surface area contributed by atoms with Gasteiger partial charge in [0.15, 0.2) is 0 Å². The van der Waals surface area contributed by atoms with Gasteiger partial charge in [-0.25, -0.2) is 0 Å². The molecule has 1 aliphatic rings. The second-order valence-corrected chi connectivity index (χ2v) is 7.13. The molecule has 0 unspecified atom stereocenters. The molecule has 0 aliphatic heterocycles. The molecule has 1 aromatic carbocycles. The highest BCUT2D eigenvalue weighted by molar-refractivity contribution is 5.71. The molecule has 0 radical (unpaired) electrons. The molecule has 1 aliphatic carbocycles. The van der Waals surface area contributed by atoms with Gasteiger partial charge in [0.2, 0.25) is 5.82 Å². The van der Waals surface area contributed by atoms with Gasteiger partial charge in [-0.3, -0.25) is 9.78 Å². The van der Waals surface area contributed by atoms with Crippen molar-refractivity contribution in [3.63, 3.8) is 0 Å². The standard InChI is InChI=1S/C20H17F3N4O3/c21-20(22,23)16-6-5-13(10-25-16)18-26-17(27-30-18)12-3-1-11(2-4-12)9-24-15-7-14(8-15)19(28)29/h1-6,10,14-15,24H,7-9H2,(H,28,29). The number of hydrogen-bond donors (Lipinski definition) is 2. The third-order valence-electron chi connectivity index (χ3n) is 5.02. The largest absolute Gasteiger partial charge is 0.481 e. The van der Waals surface area contributed by atoms with Gasteiger partial charge in [-0.15, -0.1) is 0 Å². The van der Waals surface area contributed by atoms with E-state index in [1.54, 1.807) is 0 Å². The second kappa shape index (κ2) is 7.86. The van der Waals surface area contributed by atoms with Crippen molar-refractivity contribution in [2.75, 3.05) is 0 Å². The summed E-state index contributed by atoms with van der Waals surface area (Å²) in [4.78, 5) is 18.4. The van der Waals surface area contributed by atoms with E-state index in [4.69, 9.17) is 9.63 Å². The first-order valence-corrected chi connectivity index (χ1v) is 9.22. The maximum Gasteiger partial charge on any atom is 0.433 e. The van der Waals surface area contributed by atoms with E-state index in [9.17, 15) is 18.0 Å². The van der Waals surface area contributed by atoms with E-state index in [-0.39, 0.29) is 17.9 Å². The lowest BCUT2D eigenvalue weighted by Crippen LogP contribution is -2.43. The van der Waals surface area contributed by atoms with Crippen LogP contribution in [0.2, 0.25) is 0 Å². The Bertz CT molecular complexity index is 1030. The summed E-state index contributed by atoms with van der Waals surface area (Å²) in [5.41, 5.74) is 1.02. The van der Waals surface area contributed by atoms with Crippen molar-refractivity contribution in [3.05, 3.63) is 53.9 Å². The number of aliphatic carboxylic acids is 1. The third kappa shape index (κ3) is 4.33. The molecule has 7 nitrogen and oxygen atoms in total. The number of nitrogens with zero attached hydrogens (tertiary/aromatic N) is 3.